The van der Waals surface area contributed by atoms with E-state index in [4.69, 9.17) is 0 Å². The summed E-state index contributed by atoms with van der Waals surface area (Å²) in [6.07, 6.45) is 1.68. The second-order valence-electron chi connectivity index (χ2n) is 6.36. The zero-order chi connectivity index (χ0) is 19.8. The van der Waals surface area contributed by atoms with Crippen molar-refractivity contribution in [3.8, 4) is 0 Å². The SMILES string of the molecule is Cn1c(NC(=O)c2ccc(S(=O)(=O)N3CCCC3)cc2)cc(=O)n(C)c1=O. The predicted octanol–water partition coefficient (Wildman–Crippen LogP) is 0.121. The van der Waals surface area contributed by atoms with E-state index < -0.39 is 27.2 Å². The zero-order valence-electron chi connectivity index (χ0n) is 15.0. The normalized spacial score (nSPS) is 15.0. The van der Waals surface area contributed by atoms with Gasteiger partial charge in [-0.05, 0) is 37.1 Å². The molecule has 1 aliphatic heterocycles. The third-order valence-electron chi connectivity index (χ3n) is 4.59. The van der Waals surface area contributed by atoms with E-state index in [2.05, 4.69) is 5.32 Å². The Kier molecular flexibility index (Phi) is 5.03. The standard InChI is InChI=1S/C17H20N4O5S/c1-19-14(11-15(22)20(2)17(19)24)18-16(23)12-5-7-13(8-6-12)27(25,26)21-9-3-4-10-21/h5-8,11H,3-4,9-10H2,1-2H3,(H,18,23). The van der Waals surface area contributed by atoms with E-state index in [-0.39, 0.29) is 16.3 Å². The first-order valence-corrected chi connectivity index (χ1v) is 9.84. The fourth-order valence-electron chi connectivity index (χ4n) is 2.90. The molecule has 0 atom stereocenters. The van der Waals surface area contributed by atoms with E-state index in [1.165, 1.54) is 42.7 Å². The monoisotopic (exact) mass is 392 g/mol. The first-order valence-electron chi connectivity index (χ1n) is 8.40. The summed E-state index contributed by atoms with van der Waals surface area (Å²) in [5, 5.41) is 2.50. The lowest BCUT2D eigenvalue weighted by Gasteiger charge is -2.15. The van der Waals surface area contributed by atoms with Crippen molar-refractivity contribution >= 4 is 21.7 Å². The van der Waals surface area contributed by atoms with Gasteiger partial charge in [0, 0.05) is 38.8 Å². The van der Waals surface area contributed by atoms with Gasteiger partial charge in [0.2, 0.25) is 10.0 Å². The fraction of sp³-hybridized carbons (Fsp3) is 0.353. The molecule has 3 rings (SSSR count). The first-order chi connectivity index (χ1) is 12.7. The average Bonchev–Trinajstić information content (AvgIpc) is 3.20. The van der Waals surface area contributed by atoms with E-state index in [9.17, 15) is 22.8 Å². The molecule has 144 valence electrons. The van der Waals surface area contributed by atoms with Gasteiger partial charge in [0.25, 0.3) is 11.5 Å². The number of nitrogens with one attached hydrogen (secondary N) is 1. The number of amides is 1. The molecule has 1 N–H and O–H groups in total. The van der Waals surface area contributed by atoms with Crippen LogP contribution in [0.5, 0.6) is 0 Å². The Labute approximate surface area is 155 Å². The number of aromatic nitrogens is 2. The molecule has 1 saturated heterocycles. The van der Waals surface area contributed by atoms with Gasteiger partial charge in [0.1, 0.15) is 5.82 Å². The molecule has 1 fully saturated rings. The zero-order valence-corrected chi connectivity index (χ0v) is 15.8. The lowest BCUT2D eigenvalue weighted by atomic mass is 10.2. The molecule has 0 radical (unpaired) electrons. The molecule has 0 spiro atoms. The van der Waals surface area contributed by atoms with E-state index in [0.717, 1.165) is 28.0 Å². The van der Waals surface area contributed by atoms with Crippen molar-refractivity contribution in [2.75, 3.05) is 18.4 Å². The summed E-state index contributed by atoms with van der Waals surface area (Å²) in [5.41, 5.74) is -0.895. The van der Waals surface area contributed by atoms with Crippen LogP contribution < -0.4 is 16.6 Å². The maximum Gasteiger partial charge on any atom is 0.332 e. The minimum Gasteiger partial charge on any atom is -0.308 e. The van der Waals surface area contributed by atoms with Crippen molar-refractivity contribution in [3.05, 3.63) is 56.7 Å². The summed E-state index contributed by atoms with van der Waals surface area (Å²) in [5.74, 6) is -0.495. The molecule has 0 bridgehead atoms. The molecule has 27 heavy (non-hydrogen) atoms. The molecule has 2 aromatic rings. The molecular weight excluding hydrogens is 372 g/mol. The van der Waals surface area contributed by atoms with Crippen LogP contribution >= 0.6 is 0 Å². The smallest absolute Gasteiger partial charge is 0.308 e. The van der Waals surface area contributed by atoms with Crippen LogP contribution in [0, 0.1) is 0 Å². The Hall–Kier alpha value is -2.72. The lowest BCUT2D eigenvalue weighted by molar-refractivity contribution is 0.102. The Bertz CT molecular complexity index is 1090. The Balaban J connectivity index is 1.83. The van der Waals surface area contributed by atoms with Gasteiger partial charge in [-0.15, -0.1) is 0 Å². The van der Waals surface area contributed by atoms with Crippen molar-refractivity contribution in [1.82, 2.24) is 13.4 Å². The van der Waals surface area contributed by atoms with Crippen molar-refractivity contribution < 1.29 is 13.2 Å². The quantitative estimate of drug-likeness (QED) is 0.795. The van der Waals surface area contributed by atoms with Crippen LogP contribution in [0.4, 0.5) is 5.82 Å². The van der Waals surface area contributed by atoms with Crippen molar-refractivity contribution in [3.63, 3.8) is 0 Å². The van der Waals surface area contributed by atoms with Gasteiger partial charge in [0.15, 0.2) is 0 Å². The van der Waals surface area contributed by atoms with Gasteiger partial charge < -0.3 is 5.32 Å². The molecule has 1 aromatic carbocycles. The molecule has 1 aromatic heterocycles. The molecule has 9 nitrogen and oxygen atoms in total. The van der Waals surface area contributed by atoms with E-state index in [1.807, 2.05) is 0 Å². The molecule has 1 aliphatic rings. The summed E-state index contributed by atoms with van der Waals surface area (Å²) >= 11 is 0. The van der Waals surface area contributed by atoms with Gasteiger partial charge in [0.05, 0.1) is 4.90 Å². The highest BCUT2D eigenvalue weighted by Gasteiger charge is 2.27. The molecule has 0 saturated carbocycles. The van der Waals surface area contributed by atoms with Gasteiger partial charge in [-0.2, -0.15) is 4.31 Å². The summed E-state index contributed by atoms with van der Waals surface area (Å²) in [7, 11) is -0.774. The highest BCUT2D eigenvalue weighted by Crippen LogP contribution is 2.21. The second kappa shape index (κ2) is 7.12. The molecule has 0 aliphatic carbocycles. The van der Waals surface area contributed by atoms with Crippen LogP contribution in [0.1, 0.15) is 23.2 Å². The number of hydrogen-bond acceptors (Lipinski definition) is 5. The summed E-state index contributed by atoms with van der Waals surface area (Å²) < 4.78 is 28.5. The lowest BCUT2D eigenvalue weighted by Crippen LogP contribution is -2.38. The van der Waals surface area contributed by atoms with Gasteiger partial charge >= 0.3 is 5.69 Å². The van der Waals surface area contributed by atoms with Crippen LogP contribution in [0.15, 0.2) is 44.8 Å². The number of benzene rings is 1. The van der Waals surface area contributed by atoms with Crippen molar-refractivity contribution in [1.29, 1.82) is 0 Å². The Morgan fingerprint density at radius 2 is 1.59 bits per heavy atom. The fourth-order valence-corrected chi connectivity index (χ4v) is 4.41. The number of carbonyl (C=O) groups is 1. The van der Waals surface area contributed by atoms with Crippen LogP contribution in [0.25, 0.3) is 0 Å². The summed E-state index contributed by atoms with van der Waals surface area (Å²) in [6, 6.07) is 6.71. The van der Waals surface area contributed by atoms with E-state index >= 15 is 0 Å². The molecule has 1 amide bonds. The molecule has 10 heteroatoms. The largest absolute Gasteiger partial charge is 0.332 e. The van der Waals surface area contributed by atoms with Crippen LogP contribution in [0.3, 0.4) is 0 Å². The highest BCUT2D eigenvalue weighted by molar-refractivity contribution is 7.89. The predicted molar refractivity (Wildman–Crippen MR) is 99.3 cm³/mol. The third kappa shape index (κ3) is 3.58. The van der Waals surface area contributed by atoms with Crippen LogP contribution in [0.2, 0.25) is 0 Å². The Morgan fingerprint density at radius 3 is 2.19 bits per heavy atom. The average molecular weight is 392 g/mol. The van der Waals surface area contributed by atoms with Gasteiger partial charge in [-0.3, -0.25) is 18.7 Å². The molecule has 0 unspecified atom stereocenters. The summed E-state index contributed by atoms with van der Waals surface area (Å²) in [6.45, 7) is 1.00. The van der Waals surface area contributed by atoms with Crippen molar-refractivity contribution in [2.24, 2.45) is 14.1 Å². The maximum absolute atomic E-state index is 12.5. The van der Waals surface area contributed by atoms with Crippen molar-refractivity contribution in [2.45, 2.75) is 17.7 Å². The second-order valence-corrected chi connectivity index (χ2v) is 8.30. The van der Waals surface area contributed by atoms with Gasteiger partial charge in [-0.25, -0.2) is 13.2 Å². The number of nitrogens with zero attached hydrogens (tertiary/aromatic N) is 3. The highest BCUT2D eigenvalue weighted by atomic mass is 32.2. The van der Waals surface area contributed by atoms with Gasteiger partial charge in [-0.1, -0.05) is 0 Å². The minimum absolute atomic E-state index is 0.0573. The number of anilines is 1. The Morgan fingerprint density at radius 1 is 1.00 bits per heavy atom. The number of sulfonamides is 1. The third-order valence-corrected chi connectivity index (χ3v) is 6.50. The molecule has 2 heterocycles. The van der Waals surface area contributed by atoms with Crippen LogP contribution in [-0.4, -0.2) is 40.9 Å². The topological polar surface area (TPSA) is 110 Å². The number of carbonyl (C=O) groups excluding carboxylic acids is 1. The number of hydrogen-bond donors (Lipinski definition) is 1. The van der Waals surface area contributed by atoms with E-state index in [1.54, 1.807) is 0 Å². The maximum atomic E-state index is 12.5. The minimum atomic E-state index is -3.55. The molecular formula is C17H20N4O5S. The number of rotatable bonds is 4. The van der Waals surface area contributed by atoms with Crippen LogP contribution in [-0.2, 0) is 24.1 Å². The summed E-state index contributed by atoms with van der Waals surface area (Å²) in [4.78, 5) is 36.2. The van der Waals surface area contributed by atoms with E-state index in [0.29, 0.717) is 13.1 Å². The first kappa shape index (κ1) is 19.1.